The Morgan fingerprint density at radius 3 is 3.00 bits per heavy atom. The highest BCUT2D eigenvalue weighted by molar-refractivity contribution is 6.10. The van der Waals surface area contributed by atoms with Crippen LogP contribution < -0.4 is 4.90 Å². The summed E-state index contributed by atoms with van der Waals surface area (Å²) in [5.41, 5.74) is 1.25. The number of oxime groups is 1. The first-order chi connectivity index (χ1) is 8.17. The van der Waals surface area contributed by atoms with Gasteiger partial charge in [-0.1, -0.05) is 5.16 Å². The van der Waals surface area contributed by atoms with Gasteiger partial charge in [-0.15, -0.1) is 0 Å². The van der Waals surface area contributed by atoms with Crippen LogP contribution in [0.1, 0.15) is 12.0 Å². The van der Waals surface area contributed by atoms with E-state index in [9.17, 15) is 9.18 Å². The van der Waals surface area contributed by atoms with Gasteiger partial charge in [-0.05, 0) is 18.2 Å². The summed E-state index contributed by atoms with van der Waals surface area (Å²) in [6.45, 7) is 0.338. The van der Waals surface area contributed by atoms with Crippen molar-refractivity contribution in [2.45, 2.75) is 6.42 Å². The normalized spacial score (nSPS) is 16.8. The molecule has 0 spiro atoms. The minimum atomic E-state index is -0.519. The molecule has 0 saturated heterocycles. The number of nitrogens with zero attached hydrogens (tertiary/aromatic N) is 2. The average molecular weight is 238 g/mol. The Hall–Kier alpha value is -2.11. The smallest absolute Gasteiger partial charge is 0.414 e. The largest absolute Gasteiger partial charge is 0.452 e. The molecule has 0 aromatic heterocycles. The van der Waals surface area contributed by atoms with Gasteiger partial charge >= 0.3 is 6.09 Å². The zero-order valence-corrected chi connectivity index (χ0v) is 9.18. The standard InChI is InChI=1S/C11H11FN2O3/c1-17-11(15)14-5-4-9(13-16)8-6-7(12)2-3-10(8)14/h2-3,6,16H,4-5H2,1H3/b13-9-. The van der Waals surface area contributed by atoms with E-state index in [4.69, 9.17) is 5.21 Å². The Morgan fingerprint density at radius 2 is 2.35 bits per heavy atom. The highest BCUT2D eigenvalue weighted by Crippen LogP contribution is 2.28. The van der Waals surface area contributed by atoms with Crippen molar-refractivity contribution in [3.8, 4) is 0 Å². The van der Waals surface area contributed by atoms with Crippen LogP contribution in [0.5, 0.6) is 0 Å². The maximum atomic E-state index is 13.1. The molecular formula is C11H11FN2O3. The van der Waals surface area contributed by atoms with Gasteiger partial charge in [0.15, 0.2) is 0 Å². The van der Waals surface area contributed by atoms with Crippen molar-refractivity contribution in [1.29, 1.82) is 0 Å². The van der Waals surface area contributed by atoms with Crippen LogP contribution >= 0.6 is 0 Å². The molecule has 17 heavy (non-hydrogen) atoms. The van der Waals surface area contributed by atoms with Crippen molar-refractivity contribution >= 4 is 17.5 Å². The number of methoxy groups -OCH3 is 1. The molecular weight excluding hydrogens is 227 g/mol. The van der Waals surface area contributed by atoms with Gasteiger partial charge in [0.1, 0.15) is 5.82 Å². The number of amides is 1. The second kappa shape index (κ2) is 4.40. The number of benzene rings is 1. The summed E-state index contributed by atoms with van der Waals surface area (Å²) in [7, 11) is 1.28. The monoisotopic (exact) mass is 238 g/mol. The molecule has 5 nitrogen and oxygen atoms in total. The lowest BCUT2D eigenvalue weighted by Crippen LogP contribution is -2.37. The summed E-state index contributed by atoms with van der Waals surface area (Å²) in [5.74, 6) is -0.448. The van der Waals surface area contributed by atoms with E-state index in [2.05, 4.69) is 9.89 Å². The van der Waals surface area contributed by atoms with Crippen LogP contribution in [0.15, 0.2) is 23.4 Å². The molecule has 1 amide bonds. The molecule has 6 heteroatoms. The van der Waals surface area contributed by atoms with Crippen molar-refractivity contribution < 1.29 is 19.1 Å². The van der Waals surface area contributed by atoms with E-state index in [1.807, 2.05) is 0 Å². The molecule has 1 heterocycles. The number of fused-ring (bicyclic) bond motifs is 1. The van der Waals surface area contributed by atoms with Crippen LogP contribution in [-0.2, 0) is 4.74 Å². The highest BCUT2D eigenvalue weighted by Gasteiger charge is 2.27. The fourth-order valence-corrected chi connectivity index (χ4v) is 1.85. The van der Waals surface area contributed by atoms with Crippen molar-refractivity contribution in [1.82, 2.24) is 0 Å². The molecule has 1 N–H and O–H groups in total. The maximum absolute atomic E-state index is 13.1. The molecule has 0 aliphatic carbocycles. The van der Waals surface area contributed by atoms with Gasteiger partial charge in [0.2, 0.25) is 0 Å². The number of hydrogen-bond donors (Lipinski definition) is 1. The van der Waals surface area contributed by atoms with E-state index in [1.165, 1.54) is 30.2 Å². The minimum Gasteiger partial charge on any atom is -0.452 e. The Bertz CT molecular complexity index is 488. The third-order valence-corrected chi connectivity index (χ3v) is 2.65. The molecule has 0 saturated carbocycles. The van der Waals surface area contributed by atoms with E-state index < -0.39 is 11.9 Å². The quantitative estimate of drug-likeness (QED) is 0.555. The van der Waals surface area contributed by atoms with Gasteiger partial charge in [0, 0.05) is 18.5 Å². The van der Waals surface area contributed by atoms with E-state index in [1.54, 1.807) is 0 Å². The molecule has 90 valence electrons. The predicted octanol–water partition coefficient (Wildman–Crippen LogP) is 1.98. The van der Waals surface area contributed by atoms with Crippen LogP contribution in [0.25, 0.3) is 0 Å². The summed E-state index contributed by atoms with van der Waals surface area (Å²) in [5, 5.41) is 12.0. The topological polar surface area (TPSA) is 62.1 Å². The lowest BCUT2D eigenvalue weighted by molar-refractivity contribution is 0.178. The fraction of sp³-hybridized carbons (Fsp3) is 0.273. The Kier molecular flexibility index (Phi) is 2.95. The predicted molar refractivity (Wildman–Crippen MR) is 59.1 cm³/mol. The highest BCUT2D eigenvalue weighted by atomic mass is 19.1. The molecule has 2 rings (SSSR count). The van der Waals surface area contributed by atoms with Gasteiger partial charge in [-0.2, -0.15) is 0 Å². The van der Waals surface area contributed by atoms with Crippen LogP contribution in [-0.4, -0.2) is 30.7 Å². The first kappa shape index (κ1) is 11.4. The number of carbonyl (C=O) groups excluding carboxylic acids is 1. The van der Waals surface area contributed by atoms with E-state index in [0.717, 1.165) is 0 Å². The number of rotatable bonds is 0. The molecule has 0 radical (unpaired) electrons. The zero-order chi connectivity index (χ0) is 12.4. The summed E-state index contributed by atoms with van der Waals surface area (Å²) >= 11 is 0. The summed E-state index contributed by atoms with van der Waals surface area (Å²) < 4.78 is 17.8. The van der Waals surface area contributed by atoms with Crippen LogP contribution in [0.4, 0.5) is 14.9 Å². The van der Waals surface area contributed by atoms with Gasteiger partial charge in [0.25, 0.3) is 0 Å². The van der Waals surface area contributed by atoms with Crippen LogP contribution in [0, 0.1) is 5.82 Å². The Balaban J connectivity index is 2.51. The summed E-state index contributed by atoms with van der Waals surface area (Å²) in [6, 6.07) is 3.94. The lowest BCUT2D eigenvalue weighted by atomic mass is 10.00. The van der Waals surface area contributed by atoms with Gasteiger partial charge in [-0.3, -0.25) is 4.90 Å². The molecule has 1 aromatic rings. The fourth-order valence-electron chi connectivity index (χ4n) is 1.85. The third kappa shape index (κ3) is 1.93. The molecule has 0 unspecified atom stereocenters. The summed E-state index contributed by atoms with van der Waals surface area (Å²) in [6.07, 6.45) is -0.169. The second-order valence-electron chi connectivity index (χ2n) is 3.58. The first-order valence-electron chi connectivity index (χ1n) is 5.03. The third-order valence-electron chi connectivity index (χ3n) is 2.65. The van der Waals surface area contributed by atoms with Crippen molar-refractivity contribution in [3.63, 3.8) is 0 Å². The molecule has 1 aliphatic rings. The SMILES string of the molecule is COC(=O)N1CC/C(=N/O)c2cc(F)ccc21. The number of halogens is 1. The average Bonchev–Trinajstić information content (AvgIpc) is 2.36. The van der Waals surface area contributed by atoms with Crippen molar-refractivity contribution in [2.75, 3.05) is 18.6 Å². The van der Waals surface area contributed by atoms with Gasteiger partial charge < -0.3 is 9.94 Å². The maximum Gasteiger partial charge on any atom is 0.414 e. The minimum absolute atomic E-state index is 0.338. The van der Waals surface area contributed by atoms with Crippen LogP contribution in [0.3, 0.4) is 0 Å². The van der Waals surface area contributed by atoms with Gasteiger partial charge in [0.05, 0.1) is 18.5 Å². The van der Waals surface area contributed by atoms with E-state index in [0.29, 0.717) is 29.9 Å². The number of hydrogen-bond acceptors (Lipinski definition) is 4. The van der Waals surface area contributed by atoms with E-state index >= 15 is 0 Å². The number of carbonyl (C=O) groups is 1. The Morgan fingerprint density at radius 1 is 1.59 bits per heavy atom. The van der Waals surface area contributed by atoms with Crippen molar-refractivity contribution in [3.05, 3.63) is 29.6 Å². The molecule has 1 aliphatic heterocycles. The van der Waals surface area contributed by atoms with Crippen molar-refractivity contribution in [2.24, 2.45) is 5.16 Å². The Labute approximate surface area is 97.1 Å². The summed E-state index contributed by atoms with van der Waals surface area (Å²) in [4.78, 5) is 12.9. The number of anilines is 1. The van der Waals surface area contributed by atoms with Crippen LogP contribution in [0.2, 0.25) is 0 Å². The molecule has 0 bridgehead atoms. The molecule has 0 atom stereocenters. The molecule has 0 fully saturated rings. The lowest BCUT2D eigenvalue weighted by Gasteiger charge is -2.28. The molecule has 1 aromatic carbocycles. The first-order valence-corrected chi connectivity index (χ1v) is 5.03. The number of ether oxygens (including phenoxy) is 1. The van der Waals surface area contributed by atoms with Gasteiger partial charge in [-0.25, -0.2) is 9.18 Å². The zero-order valence-electron chi connectivity index (χ0n) is 9.18. The van der Waals surface area contributed by atoms with E-state index in [-0.39, 0.29) is 0 Å². The second-order valence-corrected chi connectivity index (χ2v) is 3.58.